The van der Waals surface area contributed by atoms with E-state index in [0.29, 0.717) is 6.04 Å². The van der Waals surface area contributed by atoms with Gasteiger partial charge in [-0.3, -0.25) is 0 Å². The van der Waals surface area contributed by atoms with Gasteiger partial charge in [-0.25, -0.2) is 0 Å². The van der Waals surface area contributed by atoms with Crippen LogP contribution in [0, 0.1) is 6.92 Å². The van der Waals surface area contributed by atoms with E-state index in [0.717, 1.165) is 44.6 Å². The summed E-state index contributed by atoms with van der Waals surface area (Å²) in [4.78, 5) is 0. The lowest BCUT2D eigenvalue weighted by molar-refractivity contribution is 0.313. The first kappa shape index (κ1) is 13.2. The van der Waals surface area contributed by atoms with Crippen molar-refractivity contribution in [1.82, 2.24) is 5.32 Å². The number of allylic oxidation sites excluding steroid dienone is 1. The molecule has 0 spiro atoms. The smallest absolute Gasteiger partial charge is 0.126 e. The van der Waals surface area contributed by atoms with Crippen LogP contribution in [0.2, 0.25) is 0 Å². The minimum absolute atomic E-state index is 0.437. The summed E-state index contributed by atoms with van der Waals surface area (Å²) >= 11 is 0. The number of ether oxygens (including phenoxy) is 1. The van der Waals surface area contributed by atoms with E-state index in [1.165, 1.54) is 11.1 Å². The maximum absolute atomic E-state index is 5.88. The molecule has 1 aliphatic rings. The Balaban J connectivity index is 2.07. The number of nitrogens with one attached hydrogen (secondary N) is 1. The first-order valence-electron chi connectivity index (χ1n) is 6.89. The van der Waals surface area contributed by atoms with Crippen molar-refractivity contribution in [3.63, 3.8) is 0 Å². The lowest BCUT2D eigenvalue weighted by Gasteiger charge is -2.19. The van der Waals surface area contributed by atoms with Crippen molar-refractivity contribution in [2.75, 3.05) is 13.2 Å². The van der Waals surface area contributed by atoms with Crippen LogP contribution >= 0.6 is 0 Å². The molecule has 18 heavy (non-hydrogen) atoms. The van der Waals surface area contributed by atoms with Crippen LogP contribution in [0.4, 0.5) is 0 Å². The van der Waals surface area contributed by atoms with Crippen LogP contribution in [-0.2, 0) is 0 Å². The molecule has 0 saturated carbocycles. The third-order valence-corrected chi connectivity index (χ3v) is 3.48. The van der Waals surface area contributed by atoms with Gasteiger partial charge in [0.1, 0.15) is 5.75 Å². The molecule has 2 nitrogen and oxygen atoms in total. The standard InChI is InChI=1S/C16H23NO/c1-3-4-5-11-17-15-10-7-12-18-16-13(2)8-6-9-14(15)16/h3,6,8-9,15,17H,1,4-5,7,10-12H2,2H3. The lowest BCUT2D eigenvalue weighted by Crippen LogP contribution is -2.22. The number of aryl methyl sites for hydroxylation is 1. The fourth-order valence-electron chi connectivity index (χ4n) is 2.50. The number of hydrogen-bond acceptors (Lipinski definition) is 2. The summed E-state index contributed by atoms with van der Waals surface area (Å²) in [6, 6.07) is 6.88. The number of benzene rings is 1. The van der Waals surface area contributed by atoms with E-state index >= 15 is 0 Å². The van der Waals surface area contributed by atoms with Crippen LogP contribution in [-0.4, -0.2) is 13.2 Å². The maximum Gasteiger partial charge on any atom is 0.126 e. The van der Waals surface area contributed by atoms with Crippen LogP contribution in [0.5, 0.6) is 5.75 Å². The Hall–Kier alpha value is -1.28. The van der Waals surface area contributed by atoms with Crippen LogP contribution in [0.3, 0.4) is 0 Å². The highest BCUT2D eigenvalue weighted by molar-refractivity contribution is 5.43. The van der Waals surface area contributed by atoms with E-state index in [4.69, 9.17) is 4.74 Å². The normalized spacial score (nSPS) is 18.6. The second-order valence-corrected chi connectivity index (χ2v) is 4.92. The van der Waals surface area contributed by atoms with E-state index in [-0.39, 0.29) is 0 Å². The summed E-state index contributed by atoms with van der Waals surface area (Å²) in [5.74, 6) is 1.09. The van der Waals surface area contributed by atoms with Gasteiger partial charge in [-0.05, 0) is 44.7 Å². The van der Waals surface area contributed by atoms with Gasteiger partial charge in [0.2, 0.25) is 0 Å². The van der Waals surface area contributed by atoms with Crippen molar-refractivity contribution < 1.29 is 4.74 Å². The molecule has 1 N–H and O–H groups in total. The van der Waals surface area contributed by atoms with Crippen molar-refractivity contribution in [2.24, 2.45) is 0 Å². The molecule has 98 valence electrons. The minimum Gasteiger partial charge on any atom is -0.493 e. The van der Waals surface area contributed by atoms with Gasteiger partial charge in [0.25, 0.3) is 0 Å². The van der Waals surface area contributed by atoms with Crippen molar-refractivity contribution in [3.05, 3.63) is 42.0 Å². The molecule has 1 heterocycles. The Morgan fingerprint density at radius 3 is 3.22 bits per heavy atom. The highest BCUT2D eigenvalue weighted by atomic mass is 16.5. The number of rotatable bonds is 5. The quantitative estimate of drug-likeness (QED) is 0.630. The summed E-state index contributed by atoms with van der Waals surface area (Å²) < 4.78 is 5.88. The third kappa shape index (κ3) is 3.14. The zero-order chi connectivity index (χ0) is 12.8. The Labute approximate surface area is 110 Å². The first-order valence-corrected chi connectivity index (χ1v) is 6.89. The monoisotopic (exact) mass is 245 g/mol. The summed E-state index contributed by atoms with van der Waals surface area (Å²) in [7, 11) is 0. The molecule has 1 aromatic carbocycles. The molecule has 0 amide bonds. The highest BCUT2D eigenvalue weighted by Gasteiger charge is 2.19. The van der Waals surface area contributed by atoms with Crippen LogP contribution < -0.4 is 10.1 Å². The van der Waals surface area contributed by atoms with Crippen molar-refractivity contribution in [3.8, 4) is 5.75 Å². The van der Waals surface area contributed by atoms with Crippen LogP contribution in [0.15, 0.2) is 30.9 Å². The van der Waals surface area contributed by atoms with E-state index in [2.05, 4.69) is 37.0 Å². The van der Waals surface area contributed by atoms with Crippen LogP contribution in [0.1, 0.15) is 42.9 Å². The molecule has 1 atom stereocenters. The number of fused-ring (bicyclic) bond motifs is 1. The molecule has 0 bridgehead atoms. The Morgan fingerprint density at radius 2 is 2.39 bits per heavy atom. The topological polar surface area (TPSA) is 21.3 Å². The Bertz CT molecular complexity index is 400. The number of unbranched alkanes of at least 4 members (excludes halogenated alkanes) is 1. The second-order valence-electron chi connectivity index (χ2n) is 4.92. The predicted octanol–water partition coefficient (Wildman–Crippen LogP) is 3.76. The molecule has 0 aromatic heterocycles. The summed E-state index contributed by atoms with van der Waals surface area (Å²) in [6.45, 7) is 7.77. The van der Waals surface area contributed by atoms with Gasteiger partial charge in [0.15, 0.2) is 0 Å². The summed E-state index contributed by atoms with van der Waals surface area (Å²) in [5.41, 5.74) is 2.57. The number of hydrogen-bond donors (Lipinski definition) is 1. The molecule has 2 rings (SSSR count). The van der Waals surface area contributed by atoms with Crippen molar-refractivity contribution >= 4 is 0 Å². The van der Waals surface area contributed by atoms with Gasteiger partial charge >= 0.3 is 0 Å². The second kappa shape index (κ2) is 6.60. The lowest BCUT2D eigenvalue weighted by atomic mass is 9.99. The predicted molar refractivity (Wildman–Crippen MR) is 76.1 cm³/mol. The molecule has 0 radical (unpaired) electrons. The SMILES string of the molecule is C=CCCCNC1CCCOc2c(C)cccc21. The molecule has 1 aromatic rings. The highest BCUT2D eigenvalue weighted by Crippen LogP contribution is 2.33. The fraction of sp³-hybridized carbons (Fsp3) is 0.500. The van der Waals surface area contributed by atoms with Crippen molar-refractivity contribution in [1.29, 1.82) is 0 Å². The summed E-state index contributed by atoms with van der Waals surface area (Å²) in [5, 5.41) is 3.65. The summed E-state index contributed by atoms with van der Waals surface area (Å²) in [6.07, 6.45) is 6.49. The number of para-hydroxylation sites is 1. The molecule has 1 aliphatic heterocycles. The first-order chi connectivity index (χ1) is 8.83. The molecule has 0 fully saturated rings. The van der Waals surface area contributed by atoms with E-state index in [1.54, 1.807) is 0 Å². The maximum atomic E-state index is 5.88. The van der Waals surface area contributed by atoms with Gasteiger partial charge in [-0.15, -0.1) is 6.58 Å². The van der Waals surface area contributed by atoms with E-state index in [9.17, 15) is 0 Å². The van der Waals surface area contributed by atoms with Gasteiger partial charge in [0, 0.05) is 11.6 Å². The zero-order valence-electron chi connectivity index (χ0n) is 11.2. The van der Waals surface area contributed by atoms with Crippen molar-refractivity contribution in [2.45, 2.75) is 38.6 Å². The Morgan fingerprint density at radius 1 is 1.50 bits per heavy atom. The van der Waals surface area contributed by atoms with Gasteiger partial charge in [-0.1, -0.05) is 24.3 Å². The minimum atomic E-state index is 0.437. The van der Waals surface area contributed by atoms with Gasteiger partial charge in [0.05, 0.1) is 6.61 Å². The Kier molecular flexibility index (Phi) is 4.82. The van der Waals surface area contributed by atoms with E-state index in [1.807, 2.05) is 6.08 Å². The third-order valence-electron chi connectivity index (χ3n) is 3.48. The molecular formula is C16H23NO. The van der Waals surface area contributed by atoms with E-state index < -0.39 is 0 Å². The molecule has 0 aliphatic carbocycles. The molecule has 2 heteroatoms. The van der Waals surface area contributed by atoms with Gasteiger partial charge in [-0.2, -0.15) is 0 Å². The average Bonchev–Trinajstić information content (AvgIpc) is 2.58. The zero-order valence-corrected chi connectivity index (χ0v) is 11.2. The largest absolute Gasteiger partial charge is 0.493 e. The van der Waals surface area contributed by atoms with Crippen LogP contribution in [0.25, 0.3) is 0 Å². The molecule has 0 saturated heterocycles. The fourth-order valence-corrected chi connectivity index (χ4v) is 2.50. The molecule has 1 unspecified atom stereocenters. The average molecular weight is 245 g/mol. The van der Waals surface area contributed by atoms with Gasteiger partial charge < -0.3 is 10.1 Å². The molecular weight excluding hydrogens is 222 g/mol.